The number of nitrogens with one attached hydrogen (secondary N) is 1. The van der Waals surface area contributed by atoms with Crippen LogP contribution in [0.25, 0.3) is 16.9 Å². The number of benzene rings is 2. The third-order valence-corrected chi connectivity index (χ3v) is 8.51. The van der Waals surface area contributed by atoms with Gasteiger partial charge < -0.3 is 19.2 Å². The topological polar surface area (TPSA) is 128 Å². The minimum Gasteiger partial charge on any atom is -0.493 e. The molecular weight excluding hydrogens is 558 g/mol. The quantitative estimate of drug-likeness (QED) is 0.120. The van der Waals surface area contributed by atoms with Gasteiger partial charge in [0.05, 0.1) is 39.1 Å². The molecule has 2 aromatic carbocycles. The number of hydrogen-bond donors (Lipinski definition) is 2. The molecule has 226 valence electrons. The molecule has 0 aliphatic heterocycles. The molecule has 0 aliphatic rings. The zero-order valence-electron chi connectivity index (χ0n) is 25.1. The Hall–Kier alpha value is -3.74. The van der Waals surface area contributed by atoms with Gasteiger partial charge in [-0.1, -0.05) is 25.8 Å². The van der Waals surface area contributed by atoms with E-state index in [0.29, 0.717) is 71.5 Å². The summed E-state index contributed by atoms with van der Waals surface area (Å²) in [5.74, 6) is 2.72. The van der Waals surface area contributed by atoms with Crippen molar-refractivity contribution in [2.24, 2.45) is 0 Å². The summed E-state index contributed by atoms with van der Waals surface area (Å²) in [6.07, 6.45) is 4.25. The van der Waals surface area contributed by atoms with Crippen LogP contribution in [-0.4, -0.2) is 62.8 Å². The number of rotatable bonds is 14. The van der Waals surface area contributed by atoms with E-state index in [1.165, 1.54) is 0 Å². The number of fused-ring (bicyclic) bond motifs is 1. The molecule has 0 aliphatic carbocycles. The Balaban J connectivity index is 1.77. The van der Waals surface area contributed by atoms with Crippen molar-refractivity contribution in [3.05, 3.63) is 63.8 Å². The van der Waals surface area contributed by atoms with Crippen LogP contribution in [0.5, 0.6) is 17.2 Å². The van der Waals surface area contributed by atoms with Gasteiger partial charge in [-0.2, -0.15) is 8.10 Å². The van der Waals surface area contributed by atoms with Crippen LogP contribution in [0.2, 0.25) is 0 Å². The van der Waals surface area contributed by atoms with E-state index < -0.39 is 11.3 Å². The zero-order valence-corrected chi connectivity index (χ0v) is 25.9. The number of nitrogens with zero attached hydrogens (tertiary/aromatic N) is 4. The Bertz CT molecular complexity index is 1630. The SMILES string of the molecule is CCCCCc1nc(C)c2c(=O)[nH]c(-c3cc([N+](C)(CCc4ccc(OC)c(OC)c4)S(=O)O)ccc3OCC)nn12. The molecular formula is C30H40N5O6S+. The Morgan fingerprint density at radius 2 is 1.76 bits per heavy atom. The summed E-state index contributed by atoms with van der Waals surface area (Å²) < 4.78 is 41.4. The van der Waals surface area contributed by atoms with Crippen LogP contribution >= 0.6 is 0 Å². The first-order chi connectivity index (χ1) is 20.2. The highest BCUT2D eigenvalue weighted by atomic mass is 32.2. The molecule has 0 spiro atoms. The molecule has 12 heteroatoms. The summed E-state index contributed by atoms with van der Waals surface area (Å²) in [5, 5.41) is 4.79. The summed E-state index contributed by atoms with van der Waals surface area (Å²) >= 11 is -2.28. The van der Waals surface area contributed by atoms with Gasteiger partial charge in [0.1, 0.15) is 23.8 Å². The first-order valence-electron chi connectivity index (χ1n) is 14.1. The lowest BCUT2D eigenvalue weighted by molar-refractivity contribution is 0.341. The minimum atomic E-state index is -2.28. The normalized spacial score (nSPS) is 13.6. The van der Waals surface area contributed by atoms with Gasteiger partial charge in [-0.15, -0.1) is 5.10 Å². The molecule has 0 saturated carbocycles. The third kappa shape index (κ3) is 6.35. The van der Waals surface area contributed by atoms with Gasteiger partial charge in [0.25, 0.3) is 5.56 Å². The Morgan fingerprint density at radius 1 is 1.02 bits per heavy atom. The molecule has 0 amide bonds. The number of imidazole rings is 1. The molecule has 2 N–H and O–H groups in total. The summed E-state index contributed by atoms with van der Waals surface area (Å²) in [4.78, 5) is 20.8. The highest BCUT2D eigenvalue weighted by molar-refractivity contribution is 7.78. The molecule has 42 heavy (non-hydrogen) atoms. The van der Waals surface area contributed by atoms with Crippen molar-refractivity contribution in [1.29, 1.82) is 0 Å². The maximum Gasteiger partial charge on any atom is 0.363 e. The van der Waals surface area contributed by atoms with Gasteiger partial charge in [0.2, 0.25) is 0 Å². The first-order valence-corrected chi connectivity index (χ1v) is 15.2. The van der Waals surface area contributed by atoms with Crippen molar-refractivity contribution in [3.8, 4) is 28.6 Å². The smallest absolute Gasteiger partial charge is 0.363 e. The second kappa shape index (κ2) is 13.5. The van der Waals surface area contributed by atoms with Crippen molar-refractivity contribution >= 4 is 22.5 Å². The molecule has 4 rings (SSSR count). The number of aromatic nitrogens is 4. The lowest BCUT2D eigenvalue weighted by atomic mass is 10.1. The fourth-order valence-corrected chi connectivity index (χ4v) is 5.55. The summed E-state index contributed by atoms with van der Waals surface area (Å²) in [6.45, 7) is 6.51. The molecule has 2 unspecified atom stereocenters. The van der Waals surface area contributed by atoms with Crippen LogP contribution in [0.1, 0.15) is 50.2 Å². The number of methoxy groups -OCH3 is 2. The van der Waals surface area contributed by atoms with E-state index in [1.807, 2.05) is 25.1 Å². The zero-order chi connectivity index (χ0) is 30.4. The number of H-pyrrole nitrogens is 1. The number of likely N-dealkylation sites (N-methyl/N-ethyl adjacent to an activating group) is 1. The lowest BCUT2D eigenvalue weighted by Crippen LogP contribution is -2.48. The van der Waals surface area contributed by atoms with Crippen molar-refractivity contribution < 1.29 is 23.0 Å². The lowest BCUT2D eigenvalue weighted by Gasteiger charge is -2.29. The maximum atomic E-state index is 13.2. The second-order valence-corrected chi connectivity index (χ2v) is 11.5. The van der Waals surface area contributed by atoms with Crippen LogP contribution in [0.4, 0.5) is 5.69 Å². The number of ether oxygens (including phenoxy) is 3. The van der Waals surface area contributed by atoms with E-state index in [-0.39, 0.29) is 9.45 Å². The fourth-order valence-electron chi connectivity index (χ4n) is 5.01. The molecule has 0 fully saturated rings. The first kappa shape index (κ1) is 31.2. The van der Waals surface area contributed by atoms with Crippen LogP contribution in [0.15, 0.2) is 41.2 Å². The van der Waals surface area contributed by atoms with Crippen molar-refractivity contribution in [2.45, 2.75) is 52.9 Å². The molecule has 2 aromatic heterocycles. The predicted molar refractivity (Wildman–Crippen MR) is 165 cm³/mol. The Labute approximate surface area is 248 Å². The second-order valence-electron chi connectivity index (χ2n) is 10.2. The standard InChI is InChI=1S/C30H39N5O6S/c1-7-9-10-11-27-31-20(3)28-30(36)32-29(33-34(27)28)23-19-22(13-15-24(23)41-8-2)35(4,42(37)38)17-16-21-12-14-25(39-5)26(18-21)40-6/h12-15,18-19H,7-11,16-17H2,1-6H3,(H-,32,33,36,37,38)/p+1. The van der Waals surface area contributed by atoms with E-state index in [4.69, 9.17) is 19.3 Å². The van der Waals surface area contributed by atoms with Gasteiger partial charge in [-0.25, -0.2) is 9.50 Å². The number of aromatic amines is 1. The van der Waals surface area contributed by atoms with Crippen molar-refractivity contribution in [1.82, 2.24) is 23.5 Å². The molecule has 11 nitrogen and oxygen atoms in total. The van der Waals surface area contributed by atoms with Gasteiger partial charge >= 0.3 is 11.3 Å². The fraction of sp³-hybridized carbons (Fsp3) is 0.433. The van der Waals surface area contributed by atoms with Crippen molar-refractivity contribution in [3.63, 3.8) is 0 Å². The molecule has 0 saturated heterocycles. The third-order valence-electron chi connectivity index (χ3n) is 7.43. The van der Waals surface area contributed by atoms with Crippen molar-refractivity contribution in [2.75, 3.05) is 34.4 Å². The van der Waals surface area contributed by atoms with E-state index in [0.717, 1.165) is 30.7 Å². The summed E-state index contributed by atoms with van der Waals surface area (Å²) in [5.41, 5.74) is 2.72. The summed E-state index contributed by atoms with van der Waals surface area (Å²) in [6, 6.07) is 10.9. The average Bonchev–Trinajstić information content (AvgIpc) is 3.31. The Morgan fingerprint density at radius 3 is 2.43 bits per heavy atom. The maximum absolute atomic E-state index is 13.2. The van der Waals surface area contributed by atoms with Gasteiger partial charge in [0, 0.05) is 25.0 Å². The molecule has 2 heterocycles. The Kier molecular flexibility index (Phi) is 10.0. The largest absolute Gasteiger partial charge is 0.493 e. The number of aryl methyl sites for hydroxylation is 2. The van der Waals surface area contributed by atoms with Gasteiger partial charge in [-0.05, 0) is 44.0 Å². The highest BCUT2D eigenvalue weighted by Gasteiger charge is 2.34. The van der Waals surface area contributed by atoms with E-state index in [9.17, 15) is 13.6 Å². The van der Waals surface area contributed by atoms with Crippen LogP contribution in [0, 0.1) is 6.92 Å². The molecule has 2 atom stereocenters. The highest BCUT2D eigenvalue weighted by Crippen LogP contribution is 2.35. The van der Waals surface area contributed by atoms with Gasteiger partial charge in [-0.3, -0.25) is 9.35 Å². The summed E-state index contributed by atoms with van der Waals surface area (Å²) in [7, 11) is 4.84. The number of hydrogen-bond acceptors (Lipinski definition) is 7. The van der Waals surface area contributed by atoms with Crippen LogP contribution < -0.4 is 23.7 Å². The minimum absolute atomic E-state index is 0.294. The average molecular weight is 599 g/mol. The van der Waals surface area contributed by atoms with E-state index >= 15 is 0 Å². The predicted octanol–water partition coefficient (Wildman–Crippen LogP) is 4.86. The van der Waals surface area contributed by atoms with E-state index in [2.05, 4.69) is 16.9 Å². The van der Waals surface area contributed by atoms with E-state index in [1.54, 1.807) is 50.9 Å². The van der Waals surface area contributed by atoms with Gasteiger partial charge in [0.15, 0.2) is 22.8 Å². The number of unbranched alkanes of at least 4 members (excludes halogenated alkanes) is 2. The van der Waals surface area contributed by atoms with Crippen LogP contribution in [0.3, 0.4) is 0 Å². The molecule has 0 radical (unpaired) electrons. The number of quaternary nitrogens is 1. The monoisotopic (exact) mass is 598 g/mol. The molecule has 4 aromatic rings. The molecule has 0 bridgehead atoms. The van der Waals surface area contributed by atoms with Crippen LogP contribution in [-0.2, 0) is 24.1 Å².